The molecule has 54 valence electrons. The zero-order chi connectivity index (χ0) is 7.84. The van der Waals surface area contributed by atoms with E-state index in [0.29, 0.717) is 5.56 Å². The summed E-state index contributed by atoms with van der Waals surface area (Å²) >= 11 is 3.17. The second kappa shape index (κ2) is 2.22. The number of fused-ring (bicyclic) bond motifs is 1. The van der Waals surface area contributed by atoms with E-state index in [9.17, 15) is 0 Å². The lowest BCUT2D eigenvalue weighted by molar-refractivity contribution is 1.52. The first-order chi connectivity index (χ1) is 5.33. The minimum absolute atomic E-state index is 0.698. The molecule has 2 aromatic heterocycles. The smallest absolute Gasteiger partial charge is 0.101 e. The summed E-state index contributed by atoms with van der Waals surface area (Å²) in [5, 5.41) is 13.3. The molecule has 2 heterocycles. The molecule has 0 saturated heterocycles. The van der Waals surface area contributed by atoms with Crippen molar-refractivity contribution < 1.29 is 0 Å². The quantitative estimate of drug-likeness (QED) is 0.676. The number of nitrogen functional groups attached to an aromatic ring is 1. The zero-order valence-electron chi connectivity index (χ0n) is 5.50. The Hall–Kier alpha value is -1.05. The van der Waals surface area contributed by atoms with E-state index in [1.807, 2.05) is 10.8 Å². The average Bonchev–Trinajstić information content (AvgIpc) is 2.54. The van der Waals surface area contributed by atoms with Crippen molar-refractivity contribution in [1.82, 2.24) is 0 Å². The number of rotatable bonds is 0. The molecule has 2 rings (SSSR count). The van der Waals surface area contributed by atoms with E-state index in [4.69, 9.17) is 11.0 Å². The Balaban J connectivity index is 2.94. The van der Waals surface area contributed by atoms with Crippen LogP contribution in [0.2, 0.25) is 0 Å². The van der Waals surface area contributed by atoms with E-state index in [-0.39, 0.29) is 0 Å². The molecular weight excluding hydrogens is 176 g/mol. The highest BCUT2D eigenvalue weighted by atomic mass is 32.2. The van der Waals surface area contributed by atoms with E-state index in [1.54, 1.807) is 22.7 Å². The molecule has 0 aliphatic rings. The number of thiophene rings is 2. The van der Waals surface area contributed by atoms with Crippen LogP contribution in [0.5, 0.6) is 0 Å². The van der Waals surface area contributed by atoms with Crippen LogP contribution in [0.4, 0.5) is 5.69 Å². The monoisotopic (exact) mass is 180 g/mol. The third-order valence-corrected chi connectivity index (χ3v) is 3.60. The SMILES string of the molecule is N#Cc1csc2scc(N)c12. The van der Waals surface area contributed by atoms with E-state index < -0.39 is 0 Å². The van der Waals surface area contributed by atoms with Crippen LogP contribution < -0.4 is 5.73 Å². The molecule has 2 aromatic rings. The number of anilines is 1. The predicted molar refractivity (Wildman–Crippen MR) is 48.8 cm³/mol. The van der Waals surface area contributed by atoms with Gasteiger partial charge >= 0.3 is 0 Å². The molecule has 0 aliphatic carbocycles. The molecule has 0 aromatic carbocycles. The Morgan fingerprint density at radius 1 is 1.36 bits per heavy atom. The third kappa shape index (κ3) is 0.821. The average molecular weight is 180 g/mol. The standard InChI is InChI=1S/C7H4N2S2/c8-1-4-2-10-7-6(4)5(9)3-11-7/h2-3H,9H2. The van der Waals surface area contributed by atoms with Crippen LogP contribution in [0.1, 0.15) is 5.56 Å². The molecule has 2 nitrogen and oxygen atoms in total. The summed E-state index contributed by atoms with van der Waals surface area (Å²) in [6, 6.07) is 2.11. The van der Waals surface area contributed by atoms with Gasteiger partial charge in [-0.05, 0) is 0 Å². The fraction of sp³-hybridized carbons (Fsp3) is 0. The van der Waals surface area contributed by atoms with Crippen LogP contribution >= 0.6 is 22.7 Å². The van der Waals surface area contributed by atoms with Gasteiger partial charge in [0.25, 0.3) is 0 Å². The highest BCUT2D eigenvalue weighted by Crippen LogP contribution is 2.35. The molecule has 0 fully saturated rings. The molecule has 0 radical (unpaired) electrons. The second-order valence-electron chi connectivity index (χ2n) is 2.11. The second-order valence-corrected chi connectivity index (χ2v) is 4.13. The minimum Gasteiger partial charge on any atom is -0.397 e. The molecule has 0 unspecified atom stereocenters. The van der Waals surface area contributed by atoms with Gasteiger partial charge in [0.1, 0.15) is 6.07 Å². The third-order valence-electron chi connectivity index (χ3n) is 1.46. The molecular formula is C7H4N2S2. The van der Waals surface area contributed by atoms with Crippen molar-refractivity contribution in [3.63, 3.8) is 0 Å². The normalized spacial score (nSPS) is 10.1. The van der Waals surface area contributed by atoms with Gasteiger partial charge in [-0.3, -0.25) is 0 Å². The highest BCUT2D eigenvalue weighted by Gasteiger charge is 2.07. The van der Waals surface area contributed by atoms with Gasteiger partial charge in [-0.2, -0.15) is 5.26 Å². The molecule has 0 atom stereocenters. The summed E-state index contributed by atoms with van der Waals surface area (Å²) < 4.78 is 1.14. The summed E-state index contributed by atoms with van der Waals surface area (Å²) in [7, 11) is 0. The molecule has 4 heteroatoms. The minimum atomic E-state index is 0.698. The number of nitrogens with two attached hydrogens (primary N) is 1. The van der Waals surface area contributed by atoms with Crippen molar-refractivity contribution in [2.75, 3.05) is 5.73 Å². The molecule has 2 N–H and O–H groups in total. The fourth-order valence-corrected chi connectivity index (χ4v) is 2.91. The van der Waals surface area contributed by atoms with E-state index in [2.05, 4.69) is 6.07 Å². The lowest BCUT2D eigenvalue weighted by Crippen LogP contribution is -1.80. The van der Waals surface area contributed by atoms with Gasteiger partial charge in [0.2, 0.25) is 0 Å². The molecule has 0 bridgehead atoms. The van der Waals surface area contributed by atoms with Crippen LogP contribution in [0, 0.1) is 11.3 Å². The molecule has 11 heavy (non-hydrogen) atoms. The predicted octanol–water partition coefficient (Wildman–Crippen LogP) is 2.42. The summed E-state index contributed by atoms with van der Waals surface area (Å²) in [6.07, 6.45) is 0. The largest absolute Gasteiger partial charge is 0.397 e. The Morgan fingerprint density at radius 2 is 2.09 bits per heavy atom. The van der Waals surface area contributed by atoms with Crippen molar-refractivity contribution in [2.45, 2.75) is 0 Å². The number of hydrogen-bond acceptors (Lipinski definition) is 4. The molecule has 0 amide bonds. The summed E-state index contributed by atoms with van der Waals surface area (Å²) in [5.74, 6) is 0. The van der Waals surface area contributed by atoms with E-state index in [1.165, 1.54) is 0 Å². The summed E-state index contributed by atoms with van der Waals surface area (Å²) in [5.41, 5.74) is 7.09. The van der Waals surface area contributed by atoms with Crippen molar-refractivity contribution in [1.29, 1.82) is 5.26 Å². The number of hydrogen-bond donors (Lipinski definition) is 1. The first-order valence-electron chi connectivity index (χ1n) is 2.97. The molecule has 0 aliphatic heterocycles. The number of nitriles is 1. The van der Waals surface area contributed by atoms with Gasteiger partial charge in [-0.15, -0.1) is 22.7 Å². The van der Waals surface area contributed by atoms with Gasteiger partial charge in [-0.25, -0.2) is 0 Å². The topological polar surface area (TPSA) is 49.8 Å². The zero-order valence-corrected chi connectivity index (χ0v) is 7.13. The lowest BCUT2D eigenvalue weighted by Gasteiger charge is -1.82. The molecule has 0 saturated carbocycles. The summed E-state index contributed by atoms with van der Waals surface area (Å²) in [6.45, 7) is 0. The Labute approximate surface area is 71.5 Å². The first kappa shape index (κ1) is 6.65. The fourth-order valence-electron chi connectivity index (χ4n) is 0.958. The van der Waals surface area contributed by atoms with Crippen LogP contribution in [-0.4, -0.2) is 0 Å². The Bertz CT molecular complexity index is 433. The Kier molecular flexibility index (Phi) is 1.34. The highest BCUT2D eigenvalue weighted by molar-refractivity contribution is 7.37. The number of nitrogens with zero attached hydrogens (tertiary/aromatic N) is 1. The van der Waals surface area contributed by atoms with Gasteiger partial charge in [0, 0.05) is 16.1 Å². The summed E-state index contributed by atoms with van der Waals surface area (Å²) in [4.78, 5) is 0. The van der Waals surface area contributed by atoms with E-state index in [0.717, 1.165) is 15.1 Å². The van der Waals surface area contributed by atoms with E-state index >= 15 is 0 Å². The van der Waals surface area contributed by atoms with Gasteiger partial charge in [0.15, 0.2) is 0 Å². The van der Waals surface area contributed by atoms with Crippen molar-refractivity contribution >= 4 is 37.8 Å². The maximum absolute atomic E-state index is 8.67. The van der Waals surface area contributed by atoms with Crippen LogP contribution in [0.3, 0.4) is 0 Å². The Morgan fingerprint density at radius 3 is 2.82 bits per heavy atom. The first-order valence-corrected chi connectivity index (χ1v) is 4.73. The van der Waals surface area contributed by atoms with Crippen LogP contribution in [-0.2, 0) is 0 Å². The van der Waals surface area contributed by atoms with Gasteiger partial charge in [0.05, 0.1) is 15.3 Å². The maximum Gasteiger partial charge on any atom is 0.101 e. The molecule has 0 spiro atoms. The van der Waals surface area contributed by atoms with Crippen molar-refractivity contribution in [2.24, 2.45) is 0 Å². The van der Waals surface area contributed by atoms with Crippen LogP contribution in [0.15, 0.2) is 10.8 Å². The van der Waals surface area contributed by atoms with Gasteiger partial charge in [-0.1, -0.05) is 0 Å². The van der Waals surface area contributed by atoms with Crippen molar-refractivity contribution in [3.8, 4) is 6.07 Å². The van der Waals surface area contributed by atoms with Crippen molar-refractivity contribution in [3.05, 3.63) is 16.3 Å². The lowest BCUT2D eigenvalue weighted by atomic mass is 10.2. The van der Waals surface area contributed by atoms with Crippen LogP contribution in [0.25, 0.3) is 9.40 Å². The maximum atomic E-state index is 8.67. The van der Waals surface area contributed by atoms with Gasteiger partial charge < -0.3 is 5.73 Å².